The molecule has 3 N–H and O–H groups in total. The van der Waals surface area contributed by atoms with E-state index >= 15 is 0 Å². The van der Waals surface area contributed by atoms with Crippen LogP contribution < -0.4 is 15.8 Å². The number of aromatic nitrogens is 1. The summed E-state index contributed by atoms with van der Waals surface area (Å²) >= 11 is 0.632. The molecular formula is C29H24F3N3O5S. The zero-order valence-corrected chi connectivity index (χ0v) is 22.9. The third kappa shape index (κ3) is 5.82. The van der Waals surface area contributed by atoms with Gasteiger partial charge in [0.1, 0.15) is 39.3 Å². The van der Waals surface area contributed by atoms with Crippen LogP contribution in [0.1, 0.15) is 58.0 Å². The van der Waals surface area contributed by atoms with Crippen LogP contribution in [0, 0.1) is 0 Å². The van der Waals surface area contributed by atoms with Crippen LogP contribution in [-0.4, -0.2) is 16.8 Å². The van der Waals surface area contributed by atoms with Gasteiger partial charge in [-0.2, -0.15) is 13.2 Å². The van der Waals surface area contributed by atoms with Crippen molar-refractivity contribution in [1.82, 2.24) is 4.98 Å². The van der Waals surface area contributed by atoms with Crippen LogP contribution in [0.4, 0.5) is 18.9 Å². The molecule has 1 aromatic carbocycles. The van der Waals surface area contributed by atoms with Gasteiger partial charge in [0.25, 0.3) is 11.8 Å². The van der Waals surface area contributed by atoms with Crippen molar-refractivity contribution in [3.63, 3.8) is 0 Å². The van der Waals surface area contributed by atoms with Gasteiger partial charge in [-0.3, -0.25) is 9.59 Å². The number of primary amides is 1. The molecule has 2 amide bonds. The van der Waals surface area contributed by atoms with Gasteiger partial charge >= 0.3 is 6.18 Å². The number of carbonyl (C=O) groups excluding carboxylic acids is 2. The first-order chi connectivity index (χ1) is 19.3. The molecule has 12 heteroatoms. The van der Waals surface area contributed by atoms with Crippen molar-refractivity contribution in [2.75, 3.05) is 5.32 Å². The Morgan fingerprint density at radius 3 is 2.41 bits per heavy atom. The monoisotopic (exact) mass is 583 g/mol. The summed E-state index contributed by atoms with van der Waals surface area (Å²) in [6.45, 7) is 6.37. The lowest BCUT2D eigenvalue weighted by molar-refractivity contribution is -0.140. The second-order valence-electron chi connectivity index (χ2n) is 10.2. The predicted octanol–water partition coefficient (Wildman–Crippen LogP) is 7.40. The van der Waals surface area contributed by atoms with Crippen LogP contribution in [0.3, 0.4) is 0 Å². The minimum absolute atomic E-state index is 0.000629. The van der Waals surface area contributed by atoms with E-state index in [1.165, 1.54) is 24.5 Å². The summed E-state index contributed by atoms with van der Waals surface area (Å²) in [6.07, 6.45) is -3.48. The topological polar surface area (TPSA) is 121 Å². The first-order valence-electron chi connectivity index (χ1n) is 12.3. The number of benzene rings is 1. The number of fused-ring (bicyclic) bond motifs is 1. The standard InChI is InChI=1S/C29H24F3N3O5S/c1-28(2,3)15-6-8-16(9-7-15)39-14-17-10-11-20(40-17)26(37)35-23-22-18(19-5-4-12-38-19)13-21(29(30,31)32)34-27(22)41-24(23)25(33)36/h4-13H,14H2,1-3H3,(H2,33,36)(H,35,37). The minimum Gasteiger partial charge on any atom is -0.486 e. The van der Waals surface area contributed by atoms with Crippen LogP contribution in [-0.2, 0) is 18.2 Å². The maximum absolute atomic E-state index is 13.6. The Hall–Kier alpha value is -4.58. The van der Waals surface area contributed by atoms with E-state index < -0.39 is 23.7 Å². The zero-order valence-electron chi connectivity index (χ0n) is 22.1. The van der Waals surface area contributed by atoms with E-state index in [1.54, 1.807) is 6.07 Å². The maximum atomic E-state index is 13.6. The van der Waals surface area contributed by atoms with E-state index in [0.717, 1.165) is 11.6 Å². The molecule has 0 saturated carbocycles. The lowest BCUT2D eigenvalue weighted by Crippen LogP contribution is -2.16. The summed E-state index contributed by atoms with van der Waals surface area (Å²) in [5, 5.41) is 2.65. The number of hydrogen-bond donors (Lipinski definition) is 2. The van der Waals surface area contributed by atoms with Gasteiger partial charge in [0.05, 0.1) is 12.0 Å². The third-order valence-corrected chi connectivity index (χ3v) is 7.29. The number of carbonyl (C=O) groups is 2. The molecule has 41 heavy (non-hydrogen) atoms. The molecule has 0 radical (unpaired) electrons. The van der Waals surface area contributed by atoms with Crippen molar-refractivity contribution >= 4 is 39.1 Å². The first kappa shape index (κ1) is 28.0. The number of furan rings is 2. The van der Waals surface area contributed by atoms with E-state index in [1.807, 2.05) is 24.3 Å². The largest absolute Gasteiger partial charge is 0.486 e. The summed E-state index contributed by atoms with van der Waals surface area (Å²) in [7, 11) is 0. The van der Waals surface area contributed by atoms with Gasteiger partial charge in [0, 0.05) is 10.9 Å². The highest BCUT2D eigenvalue weighted by Gasteiger charge is 2.35. The lowest BCUT2D eigenvalue weighted by atomic mass is 9.87. The van der Waals surface area contributed by atoms with Gasteiger partial charge < -0.3 is 24.6 Å². The highest BCUT2D eigenvalue weighted by atomic mass is 32.1. The van der Waals surface area contributed by atoms with E-state index in [0.29, 0.717) is 22.8 Å². The number of anilines is 1. The number of nitrogens with two attached hydrogens (primary N) is 1. The Labute approximate surface area is 235 Å². The fourth-order valence-electron chi connectivity index (χ4n) is 4.12. The number of pyridine rings is 1. The van der Waals surface area contributed by atoms with Crippen molar-refractivity contribution in [3.05, 3.63) is 88.5 Å². The Bertz CT molecular complexity index is 1730. The number of nitrogens with zero attached hydrogens (tertiary/aromatic N) is 1. The zero-order chi connectivity index (χ0) is 29.5. The highest BCUT2D eigenvalue weighted by molar-refractivity contribution is 7.21. The fraction of sp³-hybridized carbons (Fsp3) is 0.207. The summed E-state index contributed by atoms with van der Waals surface area (Å²) in [5.41, 5.74) is 5.38. The van der Waals surface area contributed by atoms with E-state index in [4.69, 9.17) is 19.3 Å². The molecule has 0 saturated heterocycles. The predicted molar refractivity (Wildman–Crippen MR) is 147 cm³/mol. The fourth-order valence-corrected chi connectivity index (χ4v) is 5.13. The molecule has 0 fully saturated rings. The average molecular weight is 584 g/mol. The average Bonchev–Trinajstić information content (AvgIpc) is 3.66. The molecule has 5 aromatic rings. The Balaban J connectivity index is 1.43. The Morgan fingerprint density at radius 1 is 1.07 bits per heavy atom. The van der Waals surface area contributed by atoms with Gasteiger partial charge in [0.2, 0.25) is 0 Å². The molecule has 212 valence electrons. The molecule has 0 atom stereocenters. The molecule has 0 aliphatic carbocycles. The summed E-state index contributed by atoms with van der Waals surface area (Å²) in [4.78, 5) is 28.8. The van der Waals surface area contributed by atoms with Gasteiger partial charge in [0.15, 0.2) is 5.76 Å². The quantitative estimate of drug-likeness (QED) is 0.206. The molecule has 0 spiro atoms. The summed E-state index contributed by atoms with van der Waals surface area (Å²) < 4.78 is 57.6. The molecule has 5 rings (SSSR count). The van der Waals surface area contributed by atoms with Crippen molar-refractivity contribution in [2.45, 2.75) is 39.0 Å². The number of alkyl halides is 3. The van der Waals surface area contributed by atoms with Gasteiger partial charge in [-0.15, -0.1) is 11.3 Å². The van der Waals surface area contributed by atoms with Crippen molar-refractivity contribution in [2.24, 2.45) is 5.73 Å². The van der Waals surface area contributed by atoms with Crippen molar-refractivity contribution < 1.29 is 36.3 Å². The van der Waals surface area contributed by atoms with Crippen molar-refractivity contribution in [3.8, 4) is 17.1 Å². The summed E-state index contributed by atoms with van der Waals surface area (Å²) in [6, 6.07) is 14.4. The van der Waals surface area contributed by atoms with Crippen molar-refractivity contribution in [1.29, 1.82) is 0 Å². The van der Waals surface area contributed by atoms with Crippen LogP contribution in [0.25, 0.3) is 21.5 Å². The molecule has 4 heterocycles. The van der Waals surface area contributed by atoms with E-state index in [9.17, 15) is 22.8 Å². The summed E-state index contributed by atoms with van der Waals surface area (Å²) in [5.74, 6) is -0.756. The van der Waals surface area contributed by atoms with Crippen LogP contribution in [0.15, 0.2) is 69.7 Å². The van der Waals surface area contributed by atoms with Crippen LogP contribution in [0.5, 0.6) is 5.75 Å². The molecule has 0 unspecified atom stereocenters. The molecule has 0 bridgehead atoms. The Morgan fingerprint density at radius 2 is 1.80 bits per heavy atom. The number of halogens is 3. The van der Waals surface area contributed by atoms with E-state index in [-0.39, 0.29) is 49.9 Å². The molecule has 4 aromatic heterocycles. The second kappa shape index (κ2) is 10.4. The number of nitrogens with one attached hydrogen (secondary N) is 1. The number of rotatable bonds is 7. The lowest BCUT2D eigenvalue weighted by Gasteiger charge is -2.19. The van der Waals surface area contributed by atoms with Gasteiger partial charge in [-0.05, 0) is 53.4 Å². The van der Waals surface area contributed by atoms with Gasteiger partial charge in [-0.25, -0.2) is 4.98 Å². The highest BCUT2D eigenvalue weighted by Crippen LogP contribution is 2.44. The number of hydrogen-bond acceptors (Lipinski definition) is 7. The van der Waals surface area contributed by atoms with E-state index in [2.05, 4.69) is 31.1 Å². The first-order valence-corrected chi connectivity index (χ1v) is 13.1. The Kier molecular flexibility index (Phi) is 7.12. The molecule has 0 aliphatic heterocycles. The number of ether oxygens (including phenoxy) is 1. The second-order valence-corrected chi connectivity index (χ2v) is 11.2. The smallest absolute Gasteiger partial charge is 0.433 e. The molecule has 8 nitrogen and oxygen atoms in total. The SMILES string of the molecule is CC(C)(C)c1ccc(OCc2ccc(C(=O)Nc3c(C(N)=O)sc4nc(C(F)(F)F)cc(-c5ccco5)c34)o2)cc1. The number of amides is 2. The normalized spacial score (nSPS) is 12.0. The molecular weight excluding hydrogens is 559 g/mol. The minimum atomic E-state index is -4.77. The number of thiophene rings is 1. The third-order valence-electron chi connectivity index (χ3n) is 6.19. The van der Waals surface area contributed by atoms with Crippen LogP contribution >= 0.6 is 11.3 Å². The van der Waals surface area contributed by atoms with Gasteiger partial charge in [-0.1, -0.05) is 32.9 Å². The van der Waals surface area contributed by atoms with Crippen LogP contribution in [0.2, 0.25) is 0 Å². The maximum Gasteiger partial charge on any atom is 0.433 e. The molecule has 0 aliphatic rings.